The zero-order chi connectivity index (χ0) is 14.8. The highest BCUT2D eigenvalue weighted by Crippen LogP contribution is 2.30. The lowest BCUT2D eigenvalue weighted by Gasteiger charge is -2.15. The van der Waals surface area contributed by atoms with Crippen molar-refractivity contribution < 1.29 is 0 Å². The van der Waals surface area contributed by atoms with Crippen LogP contribution < -0.4 is 5.56 Å². The van der Waals surface area contributed by atoms with Crippen LogP contribution in [0.25, 0.3) is 21.9 Å². The third-order valence-electron chi connectivity index (χ3n) is 3.73. The van der Waals surface area contributed by atoms with Crippen molar-refractivity contribution in [2.24, 2.45) is 7.05 Å². The first kappa shape index (κ1) is 13.1. The van der Waals surface area contributed by atoms with Gasteiger partial charge in [0.2, 0.25) is 0 Å². The fourth-order valence-electron chi connectivity index (χ4n) is 2.72. The van der Waals surface area contributed by atoms with E-state index in [9.17, 15) is 4.79 Å². The van der Waals surface area contributed by atoms with E-state index < -0.39 is 0 Å². The second-order valence-electron chi connectivity index (χ2n) is 4.93. The quantitative estimate of drug-likeness (QED) is 0.720. The molecule has 0 spiro atoms. The molecule has 3 heteroatoms. The van der Waals surface area contributed by atoms with Crippen LogP contribution in [0.4, 0.5) is 0 Å². The Bertz CT molecular complexity index is 902. The third kappa shape index (κ3) is 2.11. The van der Waals surface area contributed by atoms with Crippen molar-refractivity contribution >= 4 is 10.8 Å². The van der Waals surface area contributed by atoms with Crippen molar-refractivity contribution in [2.75, 3.05) is 0 Å². The highest BCUT2D eigenvalue weighted by Gasteiger charge is 2.15. The average Bonchev–Trinajstić information content (AvgIpc) is 2.54. The maximum absolute atomic E-state index is 12.5. The summed E-state index contributed by atoms with van der Waals surface area (Å²) in [6, 6.07) is 19.6. The molecule has 0 atom stereocenters. The Morgan fingerprint density at radius 2 is 1.62 bits per heavy atom. The molecule has 0 saturated carbocycles. The topological polar surface area (TPSA) is 45.8 Å². The van der Waals surface area contributed by atoms with Crippen molar-refractivity contribution in [1.82, 2.24) is 4.57 Å². The third-order valence-corrected chi connectivity index (χ3v) is 3.73. The largest absolute Gasteiger partial charge is 0.313 e. The number of nitrogens with zero attached hydrogens (tertiary/aromatic N) is 2. The number of fused-ring (bicyclic) bond motifs is 1. The van der Waals surface area contributed by atoms with E-state index in [1.165, 1.54) is 0 Å². The van der Waals surface area contributed by atoms with E-state index in [2.05, 4.69) is 6.07 Å². The number of rotatable bonds is 2. The molecule has 2 aromatic carbocycles. The number of nitriles is 1. The molecule has 0 radical (unpaired) electrons. The van der Waals surface area contributed by atoms with Gasteiger partial charge in [0.25, 0.3) is 5.56 Å². The van der Waals surface area contributed by atoms with Crippen molar-refractivity contribution in [3.8, 4) is 17.2 Å². The van der Waals surface area contributed by atoms with Crippen LogP contribution in [0.1, 0.15) is 5.69 Å². The minimum Gasteiger partial charge on any atom is -0.313 e. The van der Waals surface area contributed by atoms with Gasteiger partial charge in [-0.1, -0.05) is 48.5 Å². The summed E-state index contributed by atoms with van der Waals surface area (Å²) in [7, 11) is 1.73. The predicted molar refractivity (Wildman–Crippen MR) is 83.9 cm³/mol. The fourth-order valence-corrected chi connectivity index (χ4v) is 2.72. The summed E-state index contributed by atoms with van der Waals surface area (Å²) < 4.78 is 1.59. The summed E-state index contributed by atoms with van der Waals surface area (Å²) in [6.07, 6.45) is 0.209. The molecular weight excluding hydrogens is 260 g/mol. The standard InChI is InChI=1S/C18H14N2O/c1-20-16(11-12-19)17(13-7-3-2-4-8-13)14-9-5-6-10-15(14)18(20)21/h2-10H,11H2,1H3. The van der Waals surface area contributed by atoms with Gasteiger partial charge in [-0.3, -0.25) is 4.79 Å². The SMILES string of the molecule is Cn1c(CC#N)c(-c2ccccc2)c2ccccc2c1=O. The number of hydrogen-bond acceptors (Lipinski definition) is 2. The lowest BCUT2D eigenvalue weighted by Crippen LogP contribution is -2.21. The Morgan fingerprint density at radius 1 is 1.00 bits per heavy atom. The van der Waals surface area contributed by atoms with E-state index >= 15 is 0 Å². The molecule has 3 aromatic rings. The van der Waals surface area contributed by atoms with E-state index in [-0.39, 0.29) is 12.0 Å². The van der Waals surface area contributed by atoms with Gasteiger partial charge in [-0.05, 0) is 17.0 Å². The second-order valence-corrected chi connectivity index (χ2v) is 4.93. The Hall–Kier alpha value is -2.86. The summed E-state index contributed by atoms with van der Waals surface area (Å²) in [4.78, 5) is 12.5. The van der Waals surface area contributed by atoms with E-state index in [0.717, 1.165) is 22.2 Å². The molecule has 1 heterocycles. The maximum atomic E-state index is 12.5. The minimum atomic E-state index is -0.0597. The normalized spacial score (nSPS) is 10.5. The van der Waals surface area contributed by atoms with Gasteiger partial charge in [0.15, 0.2) is 0 Å². The van der Waals surface area contributed by atoms with E-state index in [1.54, 1.807) is 11.6 Å². The molecule has 21 heavy (non-hydrogen) atoms. The molecule has 0 bridgehead atoms. The number of aromatic nitrogens is 1. The first-order valence-electron chi connectivity index (χ1n) is 6.77. The van der Waals surface area contributed by atoms with E-state index in [4.69, 9.17) is 5.26 Å². The van der Waals surface area contributed by atoms with Crippen molar-refractivity contribution in [3.63, 3.8) is 0 Å². The molecule has 0 N–H and O–H groups in total. The number of pyridine rings is 1. The molecule has 3 nitrogen and oxygen atoms in total. The molecule has 0 aliphatic carbocycles. The molecule has 0 unspecified atom stereocenters. The molecule has 3 rings (SSSR count). The Balaban J connectivity index is 2.51. The van der Waals surface area contributed by atoms with Crippen LogP contribution in [0.5, 0.6) is 0 Å². The minimum absolute atomic E-state index is 0.0597. The zero-order valence-corrected chi connectivity index (χ0v) is 11.7. The van der Waals surface area contributed by atoms with Crippen LogP contribution in [0.3, 0.4) is 0 Å². The van der Waals surface area contributed by atoms with E-state index in [1.807, 2.05) is 54.6 Å². The molecule has 0 amide bonds. The van der Waals surface area contributed by atoms with Crippen molar-refractivity contribution in [2.45, 2.75) is 6.42 Å². The summed E-state index contributed by atoms with van der Waals surface area (Å²) in [6.45, 7) is 0. The molecule has 0 saturated heterocycles. The number of hydrogen-bond donors (Lipinski definition) is 0. The molecular formula is C18H14N2O. The van der Waals surface area contributed by atoms with Crippen LogP contribution in [0.2, 0.25) is 0 Å². The average molecular weight is 274 g/mol. The molecule has 1 aromatic heterocycles. The predicted octanol–water partition coefficient (Wildman–Crippen LogP) is 3.27. The van der Waals surface area contributed by atoms with Crippen molar-refractivity contribution in [3.05, 3.63) is 70.6 Å². The summed E-state index contributed by atoms with van der Waals surface area (Å²) >= 11 is 0. The first-order valence-corrected chi connectivity index (χ1v) is 6.77. The summed E-state index contributed by atoms with van der Waals surface area (Å²) in [5, 5.41) is 10.7. The van der Waals surface area contributed by atoms with Gasteiger partial charge >= 0.3 is 0 Å². The first-order chi connectivity index (χ1) is 10.2. The number of benzene rings is 2. The molecule has 102 valence electrons. The smallest absolute Gasteiger partial charge is 0.258 e. The van der Waals surface area contributed by atoms with Crippen LogP contribution in [-0.4, -0.2) is 4.57 Å². The molecule has 0 aliphatic rings. The summed E-state index contributed by atoms with van der Waals surface area (Å²) in [5.41, 5.74) is 2.69. The van der Waals surface area contributed by atoms with Crippen molar-refractivity contribution in [1.29, 1.82) is 5.26 Å². The summed E-state index contributed by atoms with van der Waals surface area (Å²) in [5.74, 6) is 0. The molecule has 0 aliphatic heterocycles. The fraction of sp³-hybridized carbons (Fsp3) is 0.111. The van der Waals surface area contributed by atoms with Gasteiger partial charge in [0.05, 0.1) is 12.5 Å². The van der Waals surface area contributed by atoms with Crippen LogP contribution in [-0.2, 0) is 13.5 Å². The van der Waals surface area contributed by atoms with Gasteiger partial charge < -0.3 is 4.57 Å². The van der Waals surface area contributed by atoms with Gasteiger partial charge in [0, 0.05) is 23.7 Å². The van der Waals surface area contributed by atoms with Gasteiger partial charge in [-0.2, -0.15) is 5.26 Å². The maximum Gasteiger partial charge on any atom is 0.258 e. The molecule has 0 fully saturated rings. The Kier molecular flexibility index (Phi) is 3.29. The van der Waals surface area contributed by atoms with Crippen LogP contribution in [0, 0.1) is 11.3 Å². The highest BCUT2D eigenvalue weighted by molar-refractivity contribution is 5.97. The Labute approximate surface area is 122 Å². The Morgan fingerprint density at radius 3 is 2.29 bits per heavy atom. The van der Waals surface area contributed by atoms with Gasteiger partial charge in [-0.15, -0.1) is 0 Å². The van der Waals surface area contributed by atoms with Gasteiger partial charge in [0.1, 0.15) is 0 Å². The second kappa shape index (κ2) is 5.26. The lowest BCUT2D eigenvalue weighted by atomic mass is 9.96. The lowest BCUT2D eigenvalue weighted by molar-refractivity contribution is 0.814. The van der Waals surface area contributed by atoms with Crippen LogP contribution in [0.15, 0.2) is 59.4 Å². The van der Waals surface area contributed by atoms with E-state index in [0.29, 0.717) is 5.39 Å². The highest BCUT2D eigenvalue weighted by atomic mass is 16.1. The monoisotopic (exact) mass is 274 g/mol. The van der Waals surface area contributed by atoms with Crippen LogP contribution >= 0.6 is 0 Å². The van der Waals surface area contributed by atoms with Gasteiger partial charge in [-0.25, -0.2) is 0 Å². The zero-order valence-electron chi connectivity index (χ0n) is 11.7.